The van der Waals surface area contributed by atoms with Gasteiger partial charge in [0.2, 0.25) is 5.91 Å². The summed E-state index contributed by atoms with van der Waals surface area (Å²) in [6.45, 7) is 0. The molecule has 1 aromatic rings. The number of benzene rings is 1. The number of hydrogen-bond acceptors (Lipinski definition) is 3. The first-order chi connectivity index (χ1) is 12.9. The molecule has 3 N–H and O–H groups in total. The Morgan fingerprint density at radius 1 is 1.11 bits per heavy atom. The van der Waals surface area contributed by atoms with Gasteiger partial charge >= 0.3 is 6.03 Å². The van der Waals surface area contributed by atoms with E-state index in [1.807, 2.05) is 0 Å². The first-order valence-electron chi connectivity index (χ1n) is 9.64. The third kappa shape index (κ3) is 4.00. The Balaban J connectivity index is 1.29. The lowest BCUT2D eigenvalue weighted by atomic mass is 9.49. The minimum Gasteiger partial charge on any atom is -0.495 e. The molecule has 4 fully saturated rings. The van der Waals surface area contributed by atoms with Gasteiger partial charge in [0.25, 0.3) is 0 Å². The maximum absolute atomic E-state index is 12.5. The van der Waals surface area contributed by atoms with Crippen LogP contribution in [0.15, 0.2) is 18.2 Å². The van der Waals surface area contributed by atoms with Crippen molar-refractivity contribution in [2.24, 2.45) is 23.2 Å². The van der Waals surface area contributed by atoms with Crippen molar-refractivity contribution in [1.29, 1.82) is 0 Å². The highest BCUT2D eigenvalue weighted by molar-refractivity contribution is 6.31. The number of hydrazine groups is 1. The topological polar surface area (TPSA) is 79.5 Å². The number of rotatable bonds is 4. The number of nitrogens with one attached hydrogen (secondary N) is 3. The smallest absolute Gasteiger partial charge is 0.338 e. The fraction of sp³-hybridized carbons (Fsp3) is 0.600. The standard InChI is InChI=1S/C20H26ClN3O3/c1-27-17-3-2-15(21)7-16(17)22-19(26)24-23-18(25)11-20-8-12-4-13(9-20)6-14(5-12)10-20/h2-3,7,12-14H,4-6,8-11H2,1H3,(H,23,25)(H2,22,24,26). The van der Waals surface area contributed by atoms with Gasteiger partial charge in [-0.1, -0.05) is 11.6 Å². The minimum atomic E-state index is -0.533. The predicted molar refractivity (Wildman–Crippen MR) is 104 cm³/mol. The molecule has 0 aliphatic heterocycles. The average Bonchev–Trinajstić information content (AvgIpc) is 2.58. The van der Waals surface area contributed by atoms with E-state index in [0.29, 0.717) is 22.9 Å². The van der Waals surface area contributed by atoms with Crippen molar-refractivity contribution in [1.82, 2.24) is 10.9 Å². The lowest BCUT2D eigenvalue weighted by Gasteiger charge is -2.56. The van der Waals surface area contributed by atoms with Gasteiger partial charge in [0.05, 0.1) is 12.8 Å². The fourth-order valence-electron chi connectivity index (χ4n) is 5.95. The van der Waals surface area contributed by atoms with Gasteiger partial charge in [0, 0.05) is 11.4 Å². The van der Waals surface area contributed by atoms with Gasteiger partial charge in [-0.3, -0.25) is 10.2 Å². The highest BCUT2D eigenvalue weighted by Gasteiger charge is 2.51. The van der Waals surface area contributed by atoms with Gasteiger partial charge < -0.3 is 10.1 Å². The van der Waals surface area contributed by atoms with Crippen molar-refractivity contribution in [2.75, 3.05) is 12.4 Å². The summed E-state index contributed by atoms with van der Waals surface area (Å²) in [7, 11) is 1.51. The highest BCUT2D eigenvalue weighted by atomic mass is 35.5. The molecular formula is C20H26ClN3O3. The zero-order valence-corrected chi connectivity index (χ0v) is 16.3. The zero-order chi connectivity index (χ0) is 19.0. The quantitative estimate of drug-likeness (QED) is 0.676. The maximum Gasteiger partial charge on any atom is 0.338 e. The fourth-order valence-corrected chi connectivity index (χ4v) is 6.12. The van der Waals surface area contributed by atoms with E-state index in [9.17, 15) is 9.59 Å². The van der Waals surface area contributed by atoms with Crippen LogP contribution in [0.4, 0.5) is 10.5 Å². The summed E-state index contributed by atoms with van der Waals surface area (Å²) in [5, 5.41) is 3.13. The van der Waals surface area contributed by atoms with Crippen LogP contribution in [0.5, 0.6) is 5.75 Å². The van der Waals surface area contributed by atoms with Crippen LogP contribution < -0.4 is 20.9 Å². The molecule has 0 atom stereocenters. The Labute approximate surface area is 164 Å². The van der Waals surface area contributed by atoms with Crippen molar-refractivity contribution in [3.8, 4) is 5.75 Å². The minimum absolute atomic E-state index is 0.120. The van der Waals surface area contributed by atoms with Crippen LogP contribution >= 0.6 is 11.6 Å². The number of amides is 3. The number of anilines is 1. The molecule has 0 spiro atoms. The second kappa shape index (κ2) is 7.23. The number of urea groups is 1. The predicted octanol–water partition coefficient (Wildman–Crippen LogP) is 4.11. The molecule has 4 saturated carbocycles. The molecule has 0 heterocycles. The molecule has 27 heavy (non-hydrogen) atoms. The molecule has 0 radical (unpaired) electrons. The normalized spacial score (nSPS) is 30.7. The Kier molecular flexibility index (Phi) is 4.93. The number of ether oxygens (including phenoxy) is 1. The summed E-state index contributed by atoms with van der Waals surface area (Å²) < 4.78 is 5.20. The number of carbonyl (C=O) groups excluding carboxylic acids is 2. The number of carbonyl (C=O) groups is 2. The zero-order valence-electron chi connectivity index (χ0n) is 15.5. The second-order valence-corrected chi connectivity index (χ2v) is 9.00. The molecule has 4 aliphatic rings. The third-order valence-corrected chi connectivity index (χ3v) is 6.66. The summed E-state index contributed by atoms with van der Waals surface area (Å²) in [5.74, 6) is 2.78. The van der Waals surface area contributed by atoms with Crippen molar-refractivity contribution < 1.29 is 14.3 Å². The summed E-state index contributed by atoms with van der Waals surface area (Å²) in [4.78, 5) is 24.6. The molecular weight excluding hydrogens is 366 g/mol. The molecule has 4 bridgehead atoms. The van der Waals surface area contributed by atoms with Crippen LogP contribution in [0.1, 0.15) is 44.9 Å². The molecule has 0 saturated heterocycles. The molecule has 7 heteroatoms. The van der Waals surface area contributed by atoms with Crippen molar-refractivity contribution in [3.05, 3.63) is 23.2 Å². The van der Waals surface area contributed by atoms with Crippen LogP contribution in [-0.4, -0.2) is 19.0 Å². The molecule has 6 nitrogen and oxygen atoms in total. The van der Waals surface area contributed by atoms with E-state index in [1.54, 1.807) is 18.2 Å². The molecule has 146 valence electrons. The summed E-state index contributed by atoms with van der Waals surface area (Å²) in [6.07, 6.45) is 8.04. The van der Waals surface area contributed by atoms with Crippen LogP contribution in [-0.2, 0) is 4.79 Å². The van der Waals surface area contributed by atoms with E-state index in [4.69, 9.17) is 16.3 Å². The Morgan fingerprint density at radius 3 is 2.33 bits per heavy atom. The van der Waals surface area contributed by atoms with Gasteiger partial charge in [-0.15, -0.1) is 0 Å². The average molecular weight is 392 g/mol. The van der Waals surface area contributed by atoms with Crippen molar-refractivity contribution in [2.45, 2.75) is 44.9 Å². The number of hydrogen-bond donors (Lipinski definition) is 3. The summed E-state index contributed by atoms with van der Waals surface area (Å²) >= 11 is 5.96. The summed E-state index contributed by atoms with van der Waals surface area (Å²) in [5.41, 5.74) is 5.58. The SMILES string of the molecule is COc1ccc(Cl)cc1NC(=O)NNC(=O)CC12CC3CC(CC(C3)C1)C2. The Bertz CT molecular complexity index is 717. The Morgan fingerprint density at radius 2 is 1.74 bits per heavy atom. The van der Waals surface area contributed by atoms with E-state index in [1.165, 1.54) is 45.6 Å². The monoisotopic (exact) mass is 391 g/mol. The van der Waals surface area contributed by atoms with Gasteiger partial charge in [-0.25, -0.2) is 10.2 Å². The van der Waals surface area contributed by atoms with Gasteiger partial charge in [0.15, 0.2) is 0 Å². The molecule has 1 aromatic carbocycles. The van der Waals surface area contributed by atoms with Gasteiger partial charge in [0.1, 0.15) is 5.75 Å². The molecule has 3 amide bonds. The first kappa shape index (κ1) is 18.4. The largest absolute Gasteiger partial charge is 0.495 e. The molecule has 0 unspecified atom stereocenters. The number of methoxy groups -OCH3 is 1. The van der Waals surface area contributed by atoms with Gasteiger partial charge in [-0.2, -0.15) is 0 Å². The van der Waals surface area contributed by atoms with E-state index in [0.717, 1.165) is 17.8 Å². The molecule has 5 rings (SSSR count). The van der Waals surface area contributed by atoms with E-state index in [2.05, 4.69) is 16.2 Å². The summed E-state index contributed by atoms with van der Waals surface area (Å²) in [6, 6.07) is 4.41. The first-order valence-corrected chi connectivity index (χ1v) is 10.0. The van der Waals surface area contributed by atoms with Gasteiger partial charge in [-0.05, 0) is 79.9 Å². The lowest BCUT2D eigenvalue weighted by molar-refractivity contribution is -0.130. The van der Waals surface area contributed by atoms with Crippen LogP contribution in [0, 0.1) is 23.2 Å². The highest BCUT2D eigenvalue weighted by Crippen LogP contribution is 2.61. The van der Waals surface area contributed by atoms with E-state index < -0.39 is 6.03 Å². The second-order valence-electron chi connectivity index (χ2n) is 8.57. The Hall–Kier alpha value is -1.95. The molecule has 0 aromatic heterocycles. The molecule has 4 aliphatic carbocycles. The van der Waals surface area contributed by atoms with E-state index in [-0.39, 0.29) is 11.3 Å². The third-order valence-electron chi connectivity index (χ3n) is 6.43. The van der Waals surface area contributed by atoms with Crippen LogP contribution in [0.2, 0.25) is 5.02 Å². The maximum atomic E-state index is 12.5. The van der Waals surface area contributed by atoms with Crippen LogP contribution in [0.3, 0.4) is 0 Å². The lowest BCUT2D eigenvalue weighted by Crippen LogP contribution is -2.50. The van der Waals surface area contributed by atoms with Crippen molar-refractivity contribution in [3.63, 3.8) is 0 Å². The van der Waals surface area contributed by atoms with Crippen molar-refractivity contribution >= 4 is 29.2 Å². The van der Waals surface area contributed by atoms with Crippen LogP contribution in [0.25, 0.3) is 0 Å². The number of halogens is 1. The van der Waals surface area contributed by atoms with E-state index >= 15 is 0 Å².